The summed E-state index contributed by atoms with van der Waals surface area (Å²) in [5.41, 5.74) is 0.967. The molecule has 0 heterocycles. The lowest BCUT2D eigenvalue weighted by atomic mass is 9.87. The first-order valence-electron chi connectivity index (χ1n) is 6.58. The zero-order valence-corrected chi connectivity index (χ0v) is 11.8. The summed E-state index contributed by atoms with van der Waals surface area (Å²) < 4.78 is 27.4. The second-order valence-electron chi connectivity index (χ2n) is 5.31. The lowest BCUT2D eigenvalue weighted by Crippen LogP contribution is -2.40. The van der Waals surface area contributed by atoms with Crippen molar-refractivity contribution in [1.82, 2.24) is 4.72 Å². The van der Waals surface area contributed by atoms with E-state index in [0.717, 1.165) is 24.8 Å². The zero-order valence-electron chi connectivity index (χ0n) is 11.0. The minimum atomic E-state index is -3.37. The molecule has 0 bridgehead atoms. The van der Waals surface area contributed by atoms with Crippen molar-refractivity contribution in [2.75, 3.05) is 0 Å². The van der Waals surface area contributed by atoms with Crippen LogP contribution in [0.25, 0.3) is 0 Å². The van der Waals surface area contributed by atoms with Gasteiger partial charge in [-0.2, -0.15) is 0 Å². The smallest absolute Gasteiger partial charge is 0.208 e. The third-order valence-corrected chi connectivity index (χ3v) is 5.21. The molecule has 18 heavy (non-hydrogen) atoms. The Labute approximate surface area is 110 Å². The minimum absolute atomic E-state index is 0.0873. The summed E-state index contributed by atoms with van der Waals surface area (Å²) in [4.78, 5) is 0.375. The number of hydrogen-bond donors (Lipinski definition) is 1. The van der Waals surface area contributed by atoms with E-state index in [4.69, 9.17) is 0 Å². The Hall–Kier alpha value is -0.870. The predicted molar refractivity (Wildman–Crippen MR) is 72.9 cm³/mol. The van der Waals surface area contributed by atoms with Gasteiger partial charge in [-0.25, -0.2) is 13.1 Å². The van der Waals surface area contributed by atoms with Crippen molar-refractivity contribution in [2.24, 2.45) is 5.92 Å². The molecule has 1 aliphatic carbocycles. The van der Waals surface area contributed by atoms with E-state index in [9.17, 15) is 8.42 Å². The summed E-state index contributed by atoms with van der Waals surface area (Å²) in [6, 6.07) is 7.15. The second kappa shape index (κ2) is 5.41. The van der Waals surface area contributed by atoms with E-state index in [1.807, 2.05) is 13.0 Å². The maximum absolute atomic E-state index is 12.3. The van der Waals surface area contributed by atoms with Crippen LogP contribution in [-0.2, 0) is 10.0 Å². The van der Waals surface area contributed by atoms with Gasteiger partial charge < -0.3 is 0 Å². The molecule has 0 aliphatic heterocycles. The van der Waals surface area contributed by atoms with E-state index in [1.54, 1.807) is 18.2 Å². The van der Waals surface area contributed by atoms with Crippen LogP contribution in [0.3, 0.4) is 0 Å². The van der Waals surface area contributed by atoms with Crippen LogP contribution in [0.2, 0.25) is 0 Å². The molecule has 4 heteroatoms. The average Bonchev–Trinajstić information content (AvgIpc) is 2.32. The lowest BCUT2D eigenvalue weighted by molar-refractivity contribution is 0.310. The maximum atomic E-state index is 12.3. The summed E-state index contributed by atoms with van der Waals surface area (Å²) >= 11 is 0. The molecule has 0 amide bonds. The summed E-state index contributed by atoms with van der Waals surface area (Å²) in [6.07, 6.45) is 4.39. The van der Waals surface area contributed by atoms with Crippen LogP contribution in [0.1, 0.15) is 38.2 Å². The highest BCUT2D eigenvalue weighted by Gasteiger charge is 2.26. The Balaban J connectivity index is 2.16. The first-order chi connectivity index (χ1) is 8.49. The van der Waals surface area contributed by atoms with E-state index in [2.05, 4.69) is 11.6 Å². The fourth-order valence-electron chi connectivity index (χ4n) is 2.54. The minimum Gasteiger partial charge on any atom is -0.208 e. The lowest BCUT2D eigenvalue weighted by Gasteiger charge is -2.29. The Kier molecular flexibility index (Phi) is 4.07. The summed E-state index contributed by atoms with van der Waals surface area (Å²) in [5.74, 6) is 0.429. The molecule has 1 saturated carbocycles. The second-order valence-corrected chi connectivity index (χ2v) is 7.02. The molecule has 1 fully saturated rings. The normalized spacial score (nSPS) is 25.0. The molecule has 0 saturated heterocycles. The monoisotopic (exact) mass is 267 g/mol. The number of rotatable bonds is 3. The Morgan fingerprint density at radius 3 is 2.61 bits per heavy atom. The summed E-state index contributed by atoms with van der Waals surface area (Å²) in [6.45, 7) is 4.03. The van der Waals surface area contributed by atoms with Gasteiger partial charge in [0.25, 0.3) is 0 Å². The molecule has 1 aromatic rings. The number of nitrogens with one attached hydrogen (secondary N) is 1. The van der Waals surface area contributed by atoms with Crippen molar-refractivity contribution in [1.29, 1.82) is 0 Å². The van der Waals surface area contributed by atoms with Gasteiger partial charge in [-0.05, 0) is 43.4 Å². The molecule has 0 aromatic heterocycles. The maximum Gasteiger partial charge on any atom is 0.240 e. The Bertz CT molecular complexity index is 510. The summed E-state index contributed by atoms with van der Waals surface area (Å²) in [7, 11) is -3.37. The van der Waals surface area contributed by atoms with Crippen molar-refractivity contribution in [2.45, 2.75) is 50.5 Å². The van der Waals surface area contributed by atoms with Gasteiger partial charge in [-0.1, -0.05) is 31.9 Å². The number of hydrogen-bond acceptors (Lipinski definition) is 2. The fraction of sp³-hybridized carbons (Fsp3) is 0.571. The zero-order chi connectivity index (χ0) is 13.2. The van der Waals surface area contributed by atoms with Crippen LogP contribution in [0.5, 0.6) is 0 Å². The number of sulfonamides is 1. The van der Waals surface area contributed by atoms with Gasteiger partial charge in [-0.15, -0.1) is 0 Å². The van der Waals surface area contributed by atoms with Crippen LogP contribution in [0.4, 0.5) is 0 Å². The van der Waals surface area contributed by atoms with Gasteiger partial charge >= 0.3 is 0 Å². The predicted octanol–water partition coefficient (Wildman–Crippen LogP) is 2.85. The van der Waals surface area contributed by atoms with Crippen LogP contribution in [0.15, 0.2) is 29.2 Å². The third-order valence-electron chi connectivity index (χ3n) is 3.72. The average molecular weight is 267 g/mol. The highest BCUT2D eigenvalue weighted by Crippen LogP contribution is 2.25. The first kappa shape index (κ1) is 13.6. The highest BCUT2D eigenvalue weighted by atomic mass is 32.2. The molecule has 1 aliphatic rings. The van der Waals surface area contributed by atoms with Crippen molar-refractivity contribution in [3.63, 3.8) is 0 Å². The van der Waals surface area contributed by atoms with Crippen molar-refractivity contribution in [3.05, 3.63) is 29.8 Å². The molecule has 2 rings (SSSR count). The van der Waals surface area contributed by atoms with E-state index in [0.29, 0.717) is 10.8 Å². The molecule has 0 spiro atoms. The first-order valence-corrected chi connectivity index (χ1v) is 8.06. The molecule has 1 N–H and O–H groups in total. The van der Waals surface area contributed by atoms with Crippen molar-refractivity contribution >= 4 is 10.0 Å². The van der Waals surface area contributed by atoms with Gasteiger partial charge in [-0.3, -0.25) is 0 Å². The fourth-order valence-corrected chi connectivity index (χ4v) is 4.02. The molecule has 2 atom stereocenters. The van der Waals surface area contributed by atoms with Crippen LogP contribution in [0, 0.1) is 12.8 Å². The largest absolute Gasteiger partial charge is 0.240 e. The molecule has 0 radical (unpaired) electrons. The van der Waals surface area contributed by atoms with Crippen molar-refractivity contribution in [3.8, 4) is 0 Å². The van der Waals surface area contributed by atoms with E-state index >= 15 is 0 Å². The third kappa shape index (κ3) is 3.12. The van der Waals surface area contributed by atoms with Gasteiger partial charge in [0.15, 0.2) is 0 Å². The van der Waals surface area contributed by atoms with Gasteiger partial charge in [0.1, 0.15) is 0 Å². The van der Waals surface area contributed by atoms with Gasteiger partial charge in [0.2, 0.25) is 10.0 Å². The van der Waals surface area contributed by atoms with Crippen LogP contribution < -0.4 is 4.72 Å². The number of aryl methyl sites for hydroxylation is 1. The topological polar surface area (TPSA) is 46.2 Å². The highest BCUT2D eigenvalue weighted by molar-refractivity contribution is 7.89. The Morgan fingerprint density at radius 1 is 1.22 bits per heavy atom. The molecular weight excluding hydrogens is 246 g/mol. The van der Waals surface area contributed by atoms with E-state index in [1.165, 1.54) is 6.42 Å². The van der Waals surface area contributed by atoms with Crippen molar-refractivity contribution < 1.29 is 8.42 Å². The SMILES string of the molecule is Cc1cccc(S(=O)(=O)N[C@H]2CCCC[C@H]2C)c1. The summed E-state index contributed by atoms with van der Waals surface area (Å²) in [5, 5.41) is 0. The van der Waals surface area contributed by atoms with E-state index < -0.39 is 10.0 Å². The van der Waals surface area contributed by atoms with Crippen LogP contribution >= 0.6 is 0 Å². The molecule has 0 unspecified atom stereocenters. The molecule has 1 aromatic carbocycles. The van der Waals surface area contributed by atoms with Gasteiger partial charge in [0.05, 0.1) is 4.90 Å². The Morgan fingerprint density at radius 2 is 1.94 bits per heavy atom. The van der Waals surface area contributed by atoms with Crippen LogP contribution in [-0.4, -0.2) is 14.5 Å². The molecule has 3 nitrogen and oxygen atoms in total. The standard InChI is InChI=1S/C14H21NO2S/c1-11-6-5-8-13(10-11)18(16,17)15-14-9-4-3-7-12(14)2/h5-6,8,10,12,14-15H,3-4,7,9H2,1-2H3/t12-,14+/m1/s1. The number of benzene rings is 1. The quantitative estimate of drug-likeness (QED) is 0.915. The van der Waals surface area contributed by atoms with E-state index in [-0.39, 0.29) is 6.04 Å². The molecular formula is C14H21NO2S. The molecule has 100 valence electrons. The van der Waals surface area contributed by atoms with Gasteiger partial charge in [0, 0.05) is 6.04 Å².